The Labute approximate surface area is 139 Å². The summed E-state index contributed by atoms with van der Waals surface area (Å²) in [6.45, 7) is 3.90. The van der Waals surface area contributed by atoms with E-state index in [0.717, 1.165) is 5.56 Å². The van der Waals surface area contributed by atoms with E-state index in [1.165, 1.54) is 0 Å². The van der Waals surface area contributed by atoms with Gasteiger partial charge in [-0.1, -0.05) is 11.6 Å². The zero-order valence-corrected chi connectivity index (χ0v) is 13.4. The molecule has 3 rings (SSSR count). The number of rotatable bonds is 5. The zero-order valence-electron chi connectivity index (χ0n) is 13.4. The molecule has 122 valence electrons. The summed E-state index contributed by atoms with van der Waals surface area (Å²) < 4.78 is 11.1. The Morgan fingerprint density at radius 3 is 2.71 bits per heavy atom. The Morgan fingerprint density at radius 1 is 1.21 bits per heavy atom. The quantitative estimate of drug-likeness (QED) is 0.777. The molecule has 0 aliphatic heterocycles. The van der Waals surface area contributed by atoms with Crippen LogP contribution in [0, 0.1) is 13.8 Å². The van der Waals surface area contributed by atoms with Gasteiger partial charge in [0.25, 0.3) is 5.91 Å². The molecule has 1 amide bonds. The first kappa shape index (κ1) is 15.7. The number of aryl methyl sites for hydroxylation is 2. The highest BCUT2D eigenvalue weighted by atomic mass is 16.5. The molecule has 0 saturated carbocycles. The minimum Gasteiger partial charge on any atom is -0.483 e. The van der Waals surface area contributed by atoms with E-state index < -0.39 is 0 Å². The van der Waals surface area contributed by atoms with Crippen LogP contribution in [0.5, 0.6) is 5.75 Å². The van der Waals surface area contributed by atoms with Crippen molar-refractivity contribution in [3.63, 3.8) is 0 Å². The van der Waals surface area contributed by atoms with Crippen molar-refractivity contribution in [1.82, 2.24) is 9.97 Å². The third-order valence-corrected chi connectivity index (χ3v) is 3.34. The highest BCUT2D eigenvalue weighted by Crippen LogP contribution is 2.22. The number of oxazole rings is 1. The largest absolute Gasteiger partial charge is 0.483 e. The van der Waals surface area contributed by atoms with Gasteiger partial charge >= 0.3 is 0 Å². The molecule has 24 heavy (non-hydrogen) atoms. The number of nitrogens with zero attached hydrogens (tertiary/aromatic N) is 2. The van der Waals surface area contributed by atoms with Crippen molar-refractivity contribution in [2.24, 2.45) is 0 Å². The van der Waals surface area contributed by atoms with Crippen molar-refractivity contribution >= 4 is 11.6 Å². The fourth-order valence-electron chi connectivity index (χ4n) is 2.19. The van der Waals surface area contributed by atoms with Crippen molar-refractivity contribution in [2.45, 2.75) is 20.5 Å². The van der Waals surface area contributed by atoms with Gasteiger partial charge < -0.3 is 14.5 Å². The second kappa shape index (κ2) is 6.95. The number of ether oxygens (including phenoxy) is 1. The molecular weight excluding hydrogens is 306 g/mol. The van der Waals surface area contributed by atoms with Gasteiger partial charge in [0.15, 0.2) is 6.61 Å². The third kappa shape index (κ3) is 3.78. The molecule has 6 heteroatoms. The summed E-state index contributed by atoms with van der Waals surface area (Å²) in [7, 11) is 0. The lowest BCUT2D eigenvalue weighted by Gasteiger charge is -2.11. The molecule has 0 spiro atoms. The SMILES string of the molecule is Cc1ccc(OCc2ncc(C)o2)c(C(=O)Nc2ccncc2)c1. The van der Waals surface area contributed by atoms with Gasteiger partial charge in [0.1, 0.15) is 11.5 Å². The van der Waals surface area contributed by atoms with E-state index in [2.05, 4.69) is 15.3 Å². The number of aromatic nitrogens is 2. The number of anilines is 1. The normalized spacial score (nSPS) is 10.4. The van der Waals surface area contributed by atoms with Gasteiger partial charge in [-0.15, -0.1) is 0 Å². The summed E-state index contributed by atoms with van der Waals surface area (Å²) in [5.74, 6) is 1.41. The molecule has 0 bridgehead atoms. The van der Waals surface area contributed by atoms with Crippen molar-refractivity contribution in [2.75, 3.05) is 5.32 Å². The van der Waals surface area contributed by atoms with E-state index in [0.29, 0.717) is 28.7 Å². The summed E-state index contributed by atoms with van der Waals surface area (Å²) in [6.07, 6.45) is 4.87. The van der Waals surface area contributed by atoms with Crippen LogP contribution in [0.4, 0.5) is 5.69 Å². The molecule has 0 atom stereocenters. The summed E-state index contributed by atoms with van der Waals surface area (Å²) in [4.78, 5) is 20.6. The van der Waals surface area contributed by atoms with Crippen LogP contribution in [0.2, 0.25) is 0 Å². The predicted octanol–water partition coefficient (Wildman–Crippen LogP) is 3.52. The van der Waals surface area contributed by atoms with E-state index >= 15 is 0 Å². The Hall–Kier alpha value is -3.15. The minimum absolute atomic E-state index is 0.159. The minimum atomic E-state index is -0.247. The van der Waals surface area contributed by atoms with Crippen LogP contribution in [0.25, 0.3) is 0 Å². The van der Waals surface area contributed by atoms with Gasteiger partial charge in [-0.2, -0.15) is 0 Å². The Balaban J connectivity index is 1.78. The second-order valence-corrected chi connectivity index (χ2v) is 5.34. The second-order valence-electron chi connectivity index (χ2n) is 5.34. The number of pyridine rings is 1. The summed E-state index contributed by atoms with van der Waals surface area (Å²) in [5.41, 5.74) is 2.09. The summed E-state index contributed by atoms with van der Waals surface area (Å²) in [5, 5.41) is 2.83. The molecule has 0 aliphatic rings. The molecule has 2 heterocycles. The van der Waals surface area contributed by atoms with Gasteiger partial charge in [-0.25, -0.2) is 4.98 Å². The molecule has 1 N–H and O–H groups in total. The fraction of sp³-hybridized carbons (Fsp3) is 0.167. The van der Waals surface area contributed by atoms with Crippen LogP contribution in [0.3, 0.4) is 0 Å². The summed E-state index contributed by atoms with van der Waals surface area (Å²) in [6, 6.07) is 8.90. The molecule has 2 aromatic heterocycles. The number of amides is 1. The van der Waals surface area contributed by atoms with Crippen LogP contribution in [0.1, 0.15) is 27.6 Å². The molecule has 1 aromatic carbocycles. The number of hydrogen-bond acceptors (Lipinski definition) is 5. The van der Waals surface area contributed by atoms with Crippen molar-refractivity contribution in [3.05, 3.63) is 71.7 Å². The topological polar surface area (TPSA) is 77.2 Å². The number of hydrogen-bond donors (Lipinski definition) is 1. The first-order valence-corrected chi connectivity index (χ1v) is 7.48. The van der Waals surface area contributed by atoms with Crippen LogP contribution >= 0.6 is 0 Å². The maximum absolute atomic E-state index is 12.6. The molecule has 3 aromatic rings. The number of carbonyl (C=O) groups excluding carboxylic acids is 1. The molecular formula is C18H17N3O3. The van der Waals surface area contributed by atoms with Crippen LogP contribution in [-0.2, 0) is 6.61 Å². The molecule has 0 saturated heterocycles. The highest BCUT2D eigenvalue weighted by Gasteiger charge is 2.14. The smallest absolute Gasteiger partial charge is 0.259 e. The standard InChI is InChI=1S/C18H17N3O3/c1-12-3-4-16(23-11-17-20-10-13(2)24-17)15(9-12)18(22)21-14-5-7-19-8-6-14/h3-10H,11H2,1-2H3,(H,19,21,22). The number of benzene rings is 1. The Morgan fingerprint density at radius 2 is 2.00 bits per heavy atom. The van der Waals surface area contributed by atoms with Crippen LogP contribution in [0.15, 0.2) is 53.3 Å². The van der Waals surface area contributed by atoms with E-state index in [1.807, 2.05) is 19.9 Å². The summed E-state index contributed by atoms with van der Waals surface area (Å²) >= 11 is 0. The van der Waals surface area contributed by atoms with E-state index in [1.54, 1.807) is 42.9 Å². The molecule has 0 unspecified atom stereocenters. The van der Waals surface area contributed by atoms with Crippen molar-refractivity contribution < 1.29 is 13.9 Å². The van der Waals surface area contributed by atoms with Crippen LogP contribution in [-0.4, -0.2) is 15.9 Å². The highest BCUT2D eigenvalue weighted by molar-refractivity contribution is 6.06. The van der Waals surface area contributed by atoms with Crippen LogP contribution < -0.4 is 10.1 Å². The number of nitrogens with one attached hydrogen (secondary N) is 1. The predicted molar refractivity (Wildman–Crippen MR) is 88.9 cm³/mol. The molecule has 0 radical (unpaired) electrons. The van der Waals surface area contributed by atoms with Gasteiger partial charge in [0.2, 0.25) is 5.89 Å². The maximum atomic E-state index is 12.6. The van der Waals surface area contributed by atoms with Gasteiger partial charge in [-0.3, -0.25) is 9.78 Å². The van der Waals surface area contributed by atoms with Gasteiger partial charge in [0, 0.05) is 18.1 Å². The zero-order chi connectivity index (χ0) is 16.9. The third-order valence-electron chi connectivity index (χ3n) is 3.34. The molecule has 6 nitrogen and oxygen atoms in total. The fourth-order valence-corrected chi connectivity index (χ4v) is 2.19. The lowest BCUT2D eigenvalue weighted by Crippen LogP contribution is -2.14. The maximum Gasteiger partial charge on any atom is 0.259 e. The average molecular weight is 323 g/mol. The lowest BCUT2D eigenvalue weighted by molar-refractivity contribution is 0.102. The lowest BCUT2D eigenvalue weighted by atomic mass is 10.1. The Kier molecular flexibility index (Phi) is 4.56. The Bertz CT molecular complexity index is 844. The average Bonchev–Trinajstić information content (AvgIpc) is 3.00. The van der Waals surface area contributed by atoms with Gasteiger partial charge in [-0.05, 0) is 38.1 Å². The monoisotopic (exact) mass is 323 g/mol. The first-order valence-electron chi connectivity index (χ1n) is 7.48. The van der Waals surface area contributed by atoms with Gasteiger partial charge in [0.05, 0.1) is 11.8 Å². The van der Waals surface area contributed by atoms with E-state index in [4.69, 9.17) is 9.15 Å². The first-order chi connectivity index (χ1) is 11.6. The number of carbonyl (C=O) groups is 1. The van der Waals surface area contributed by atoms with Crippen molar-refractivity contribution in [1.29, 1.82) is 0 Å². The van der Waals surface area contributed by atoms with E-state index in [-0.39, 0.29) is 12.5 Å². The van der Waals surface area contributed by atoms with E-state index in [9.17, 15) is 4.79 Å². The molecule has 0 aliphatic carbocycles. The van der Waals surface area contributed by atoms with Crippen molar-refractivity contribution in [3.8, 4) is 5.75 Å². The molecule has 0 fully saturated rings.